The molecule has 0 aromatic heterocycles. The normalized spacial score (nSPS) is 25.1. The third-order valence-corrected chi connectivity index (χ3v) is 5.04. The maximum absolute atomic E-state index is 12.2. The zero-order valence-corrected chi connectivity index (χ0v) is 14.2. The molecule has 0 N–H and O–H groups in total. The fourth-order valence-electron chi connectivity index (χ4n) is 3.44. The van der Waals surface area contributed by atoms with Gasteiger partial charge in [0.05, 0.1) is 0 Å². The summed E-state index contributed by atoms with van der Waals surface area (Å²) >= 11 is 0. The second-order valence-electron chi connectivity index (χ2n) is 6.70. The molecule has 118 valence electrons. The summed E-state index contributed by atoms with van der Waals surface area (Å²) in [6.07, 6.45) is 9.36. The molecule has 0 bridgehead atoms. The van der Waals surface area contributed by atoms with Gasteiger partial charge in [0.1, 0.15) is 5.78 Å². The van der Waals surface area contributed by atoms with Crippen LogP contribution < -0.4 is 0 Å². The number of nitrogens with zero attached hydrogens (tertiary/aromatic N) is 1. The monoisotopic (exact) mass is 281 g/mol. The van der Waals surface area contributed by atoms with E-state index in [0.29, 0.717) is 17.7 Å². The van der Waals surface area contributed by atoms with Crippen LogP contribution in [-0.4, -0.2) is 29.8 Å². The van der Waals surface area contributed by atoms with E-state index in [4.69, 9.17) is 0 Å². The fourth-order valence-corrected chi connectivity index (χ4v) is 3.44. The summed E-state index contributed by atoms with van der Waals surface area (Å²) in [7, 11) is 0. The first-order valence-corrected chi connectivity index (χ1v) is 8.89. The lowest BCUT2D eigenvalue weighted by Crippen LogP contribution is -2.41. The number of carbonyl (C=O) groups excluding carboxylic acids is 1. The molecule has 0 spiro atoms. The molecule has 3 atom stereocenters. The maximum Gasteiger partial charge on any atom is 0.137 e. The zero-order chi connectivity index (χ0) is 15.0. The minimum Gasteiger partial charge on any atom is -0.300 e. The van der Waals surface area contributed by atoms with Crippen molar-refractivity contribution in [3.8, 4) is 0 Å². The van der Waals surface area contributed by atoms with Gasteiger partial charge in [-0.3, -0.25) is 9.69 Å². The van der Waals surface area contributed by atoms with Crippen LogP contribution in [0.25, 0.3) is 0 Å². The van der Waals surface area contributed by atoms with Crippen molar-refractivity contribution in [3.63, 3.8) is 0 Å². The van der Waals surface area contributed by atoms with Crippen molar-refractivity contribution in [2.45, 2.75) is 85.1 Å². The lowest BCUT2D eigenvalue weighted by atomic mass is 9.78. The van der Waals surface area contributed by atoms with Crippen molar-refractivity contribution in [3.05, 3.63) is 0 Å². The predicted molar refractivity (Wildman–Crippen MR) is 87.0 cm³/mol. The molecule has 0 amide bonds. The van der Waals surface area contributed by atoms with Gasteiger partial charge < -0.3 is 0 Å². The standard InChI is InChI=1S/C18H35NO/c1-5-8-12-19(15(4)7-3)14-17-13-16(9-6-2)10-11-18(17)20/h15-17H,5-14H2,1-4H3. The van der Waals surface area contributed by atoms with Crippen LogP contribution in [0, 0.1) is 11.8 Å². The van der Waals surface area contributed by atoms with Gasteiger partial charge in [-0.25, -0.2) is 0 Å². The largest absolute Gasteiger partial charge is 0.300 e. The topological polar surface area (TPSA) is 20.3 Å². The summed E-state index contributed by atoms with van der Waals surface area (Å²) < 4.78 is 0. The smallest absolute Gasteiger partial charge is 0.137 e. The lowest BCUT2D eigenvalue weighted by molar-refractivity contribution is -0.126. The van der Waals surface area contributed by atoms with Gasteiger partial charge >= 0.3 is 0 Å². The van der Waals surface area contributed by atoms with E-state index in [1.807, 2.05) is 0 Å². The van der Waals surface area contributed by atoms with Crippen LogP contribution in [0.2, 0.25) is 0 Å². The van der Waals surface area contributed by atoms with Crippen LogP contribution in [0.5, 0.6) is 0 Å². The minimum absolute atomic E-state index is 0.311. The molecule has 0 radical (unpaired) electrons. The molecule has 0 aliphatic heterocycles. The number of Topliss-reactive ketones (excluding diaryl/α,β-unsaturated/α-hetero) is 1. The summed E-state index contributed by atoms with van der Waals surface area (Å²) in [5.74, 6) is 1.64. The average Bonchev–Trinajstić information content (AvgIpc) is 2.46. The highest BCUT2D eigenvalue weighted by Gasteiger charge is 2.30. The first-order chi connectivity index (χ1) is 9.62. The first-order valence-electron chi connectivity index (χ1n) is 8.89. The Morgan fingerprint density at radius 1 is 1.25 bits per heavy atom. The van der Waals surface area contributed by atoms with Gasteiger partial charge in [-0.2, -0.15) is 0 Å². The Labute approximate surface area is 126 Å². The van der Waals surface area contributed by atoms with Crippen molar-refractivity contribution in [1.29, 1.82) is 0 Å². The predicted octanol–water partition coefficient (Wildman–Crippen LogP) is 4.67. The van der Waals surface area contributed by atoms with Crippen LogP contribution in [0.15, 0.2) is 0 Å². The Bertz CT molecular complexity index is 277. The molecule has 1 aliphatic rings. The van der Waals surface area contributed by atoms with E-state index >= 15 is 0 Å². The summed E-state index contributed by atoms with van der Waals surface area (Å²) in [5.41, 5.74) is 0. The van der Waals surface area contributed by atoms with Gasteiger partial charge in [0.25, 0.3) is 0 Å². The molecular formula is C18H35NO. The molecule has 2 nitrogen and oxygen atoms in total. The van der Waals surface area contributed by atoms with Gasteiger partial charge in [-0.05, 0) is 45.1 Å². The second-order valence-corrected chi connectivity index (χ2v) is 6.70. The van der Waals surface area contributed by atoms with E-state index in [9.17, 15) is 4.79 Å². The minimum atomic E-state index is 0.311. The van der Waals surface area contributed by atoms with Crippen LogP contribution in [-0.2, 0) is 4.79 Å². The Hall–Kier alpha value is -0.370. The lowest BCUT2D eigenvalue weighted by Gasteiger charge is -2.35. The third kappa shape index (κ3) is 5.55. The number of hydrogen-bond donors (Lipinski definition) is 0. The van der Waals surface area contributed by atoms with Crippen molar-refractivity contribution < 1.29 is 4.79 Å². The van der Waals surface area contributed by atoms with Gasteiger partial charge in [0, 0.05) is 24.9 Å². The molecular weight excluding hydrogens is 246 g/mol. The molecule has 0 aromatic rings. The number of unbranched alkanes of at least 4 members (excludes halogenated alkanes) is 1. The summed E-state index contributed by atoms with van der Waals surface area (Å²) in [6, 6.07) is 0.612. The van der Waals surface area contributed by atoms with E-state index in [0.717, 1.165) is 38.3 Å². The van der Waals surface area contributed by atoms with Crippen molar-refractivity contribution in [2.24, 2.45) is 11.8 Å². The maximum atomic E-state index is 12.2. The van der Waals surface area contributed by atoms with E-state index in [-0.39, 0.29) is 0 Å². The number of ketones is 1. The molecule has 2 heteroatoms. The zero-order valence-electron chi connectivity index (χ0n) is 14.2. The van der Waals surface area contributed by atoms with E-state index in [2.05, 4.69) is 32.6 Å². The molecule has 1 aliphatic carbocycles. The Balaban J connectivity index is 2.57. The molecule has 0 aromatic carbocycles. The summed E-state index contributed by atoms with van der Waals surface area (Å²) in [6.45, 7) is 11.2. The Kier molecular flexibility index (Phi) is 8.44. The number of hydrogen-bond acceptors (Lipinski definition) is 2. The van der Waals surface area contributed by atoms with E-state index < -0.39 is 0 Å². The molecule has 3 unspecified atom stereocenters. The third-order valence-electron chi connectivity index (χ3n) is 5.04. The first kappa shape index (κ1) is 17.7. The van der Waals surface area contributed by atoms with Crippen LogP contribution in [0.1, 0.15) is 79.1 Å². The van der Waals surface area contributed by atoms with Crippen LogP contribution in [0.3, 0.4) is 0 Å². The van der Waals surface area contributed by atoms with Gasteiger partial charge in [-0.1, -0.05) is 40.0 Å². The fraction of sp³-hybridized carbons (Fsp3) is 0.944. The molecule has 1 rings (SSSR count). The van der Waals surface area contributed by atoms with Crippen molar-refractivity contribution in [2.75, 3.05) is 13.1 Å². The summed E-state index contributed by atoms with van der Waals surface area (Å²) in [4.78, 5) is 14.8. The summed E-state index contributed by atoms with van der Waals surface area (Å²) in [5, 5.41) is 0. The van der Waals surface area contributed by atoms with Gasteiger partial charge in [0.15, 0.2) is 0 Å². The quantitative estimate of drug-likeness (QED) is 0.612. The van der Waals surface area contributed by atoms with Crippen molar-refractivity contribution >= 4 is 5.78 Å². The molecule has 20 heavy (non-hydrogen) atoms. The van der Waals surface area contributed by atoms with Gasteiger partial charge in [0.2, 0.25) is 0 Å². The highest BCUT2D eigenvalue weighted by atomic mass is 16.1. The molecule has 1 saturated carbocycles. The van der Waals surface area contributed by atoms with Crippen LogP contribution >= 0.6 is 0 Å². The van der Waals surface area contributed by atoms with Crippen molar-refractivity contribution in [1.82, 2.24) is 4.90 Å². The highest BCUT2D eigenvalue weighted by molar-refractivity contribution is 5.81. The molecule has 0 heterocycles. The molecule has 0 saturated heterocycles. The Morgan fingerprint density at radius 3 is 2.60 bits per heavy atom. The number of rotatable bonds is 9. The van der Waals surface area contributed by atoms with E-state index in [1.165, 1.54) is 32.1 Å². The second kappa shape index (κ2) is 9.55. The van der Waals surface area contributed by atoms with Crippen LogP contribution in [0.4, 0.5) is 0 Å². The molecule has 1 fully saturated rings. The Morgan fingerprint density at radius 2 is 2.00 bits per heavy atom. The highest BCUT2D eigenvalue weighted by Crippen LogP contribution is 2.30. The SMILES string of the molecule is CCCCN(CC1CC(CCC)CCC1=O)C(C)CC. The van der Waals surface area contributed by atoms with E-state index in [1.54, 1.807) is 0 Å². The van der Waals surface area contributed by atoms with Gasteiger partial charge in [-0.15, -0.1) is 0 Å². The number of carbonyl (C=O) groups is 1. The average molecular weight is 281 g/mol.